The molecule has 0 bridgehead atoms. The zero-order chi connectivity index (χ0) is 24.4. The highest BCUT2D eigenvalue weighted by atomic mass is 32.2. The molecule has 33 heavy (non-hydrogen) atoms. The van der Waals surface area contributed by atoms with Gasteiger partial charge in [-0.1, -0.05) is 24.3 Å². The van der Waals surface area contributed by atoms with Gasteiger partial charge >= 0.3 is 0 Å². The monoisotopic (exact) mass is 470 g/mol. The van der Waals surface area contributed by atoms with Crippen LogP contribution in [0.25, 0.3) is 0 Å². The van der Waals surface area contributed by atoms with E-state index in [1.807, 2.05) is 36.4 Å². The standard InChI is InChI=1S/C24H30N4O4S/c1-17(29)27(3)13-19-7-5-9-21(11-19)25-23(31)15-33-16-24(32)26-22-10-6-8-20(12-22)14-28(4)18(2)30/h5-12H,13-16H2,1-4H3,(H,25,31)(H,26,32). The van der Waals surface area contributed by atoms with Crippen LogP contribution in [0.15, 0.2) is 48.5 Å². The van der Waals surface area contributed by atoms with Crippen LogP contribution >= 0.6 is 11.8 Å². The summed E-state index contributed by atoms with van der Waals surface area (Å²) in [6, 6.07) is 14.6. The molecule has 2 aromatic rings. The van der Waals surface area contributed by atoms with Crippen LogP contribution in [-0.4, -0.2) is 59.0 Å². The van der Waals surface area contributed by atoms with E-state index < -0.39 is 0 Å². The smallest absolute Gasteiger partial charge is 0.234 e. The van der Waals surface area contributed by atoms with Crippen molar-refractivity contribution in [3.8, 4) is 0 Å². The first-order valence-electron chi connectivity index (χ1n) is 10.4. The zero-order valence-corrected chi connectivity index (χ0v) is 20.2. The molecule has 4 amide bonds. The molecular weight excluding hydrogens is 440 g/mol. The predicted octanol–water partition coefficient (Wildman–Crippen LogP) is 2.95. The number of carbonyl (C=O) groups is 4. The Balaban J connectivity index is 1.78. The van der Waals surface area contributed by atoms with Gasteiger partial charge in [0, 0.05) is 52.4 Å². The number of hydrogen-bond donors (Lipinski definition) is 2. The van der Waals surface area contributed by atoms with Crippen molar-refractivity contribution in [1.82, 2.24) is 9.80 Å². The van der Waals surface area contributed by atoms with Crippen molar-refractivity contribution in [1.29, 1.82) is 0 Å². The summed E-state index contributed by atoms with van der Waals surface area (Å²) in [6.45, 7) is 3.92. The first-order valence-corrected chi connectivity index (χ1v) is 11.6. The highest BCUT2D eigenvalue weighted by molar-refractivity contribution is 8.00. The fraction of sp³-hybridized carbons (Fsp3) is 0.333. The maximum Gasteiger partial charge on any atom is 0.234 e. The van der Waals surface area contributed by atoms with E-state index in [-0.39, 0.29) is 35.1 Å². The molecule has 2 rings (SSSR count). The predicted molar refractivity (Wildman–Crippen MR) is 132 cm³/mol. The number of nitrogens with one attached hydrogen (secondary N) is 2. The van der Waals surface area contributed by atoms with Gasteiger partial charge in [0.2, 0.25) is 23.6 Å². The molecule has 0 saturated carbocycles. The minimum Gasteiger partial charge on any atom is -0.342 e. The fourth-order valence-corrected chi connectivity index (χ4v) is 3.51. The van der Waals surface area contributed by atoms with Crippen molar-refractivity contribution >= 4 is 46.8 Å². The molecule has 0 unspecified atom stereocenters. The second-order valence-corrected chi connectivity index (χ2v) is 8.73. The lowest BCUT2D eigenvalue weighted by atomic mass is 10.2. The molecule has 2 aromatic carbocycles. The molecule has 0 spiro atoms. The molecule has 0 saturated heterocycles. The molecule has 9 heteroatoms. The Morgan fingerprint density at radius 3 is 1.48 bits per heavy atom. The van der Waals surface area contributed by atoms with Crippen molar-refractivity contribution in [2.75, 3.05) is 36.2 Å². The Kier molecular flexibility index (Phi) is 9.93. The summed E-state index contributed by atoms with van der Waals surface area (Å²) in [6.07, 6.45) is 0. The largest absolute Gasteiger partial charge is 0.342 e. The van der Waals surface area contributed by atoms with E-state index in [1.54, 1.807) is 36.0 Å². The van der Waals surface area contributed by atoms with Gasteiger partial charge in [0.15, 0.2) is 0 Å². The second kappa shape index (κ2) is 12.6. The lowest BCUT2D eigenvalue weighted by Gasteiger charge is -2.15. The molecule has 0 fully saturated rings. The molecule has 0 aliphatic carbocycles. The lowest BCUT2D eigenvalue weighted by Crippen LogP contribution is -2.23. The van der Waals surface area contributed by atoms with Crippen molar-refractivity contribution in [2.24, 2.45) is 0 Å². The average Bonchev–Trinajstić information content (AvgIpc) is 2.74. The molecule has 0 aromatic heterocycles. The first kappa shape index (κ1) is 25.9. The highest BCUT2D eigenvalue weighted by Gasteiger charge is 2.09. The SMILES string of the molecule is CC(=O)N(C)Cc1cccc(NC(=O)CSCC(=O)Nc2cccc(CN(C)C(C)=O)c2)c1. The van der Waals surface area contributed by atoms with Gasteiger partial charge in [-0.15, -0.1) is 11.8 Å². The topological polar surface area (TPSA) is 98.8 Å². The van der Waals surface area contributed by atoms with Crippen LogP contribution in [0.2, 0.25) is 0 Å². The van der Waals surface area contributed by atoms with Crippen molar-refractivity contribution < 1.29 is 19.2 Å². The van der Waals surface area contributed by atoms with Gasteiger partial charge in [0.25, 0.3) is 0 Å². The Morgan fingerprint density at radius 1 is 0.727 bits per heavy atom. The van der Waals surface area contributed by atoms with Gasteiger partial charge in [0.05, 0.1) is 11.5 Å². The lowest BCUT2D eigenvalue weighted by molar-refractivity contribution is -0.128. The van der Waals surface area contributed by atoms with E-state index in [0.717, 1.165) is 11.1 Å². The van der Waals surface area contributed by atoms with Crippen molar-refractivity contribution in [3.63, 3.8) is 0 Å². The third-order valence-corrected chi connectivity index (χ3v) is 5.74. The molecular formula is C24H30N4O4S. The van der Waals surface area contributed by atoms with Gasteiger partial charge < -0.3 is 20.4 Å². The van der Waals surface area contributed by atoms with Crippen LogP contribution in [0.3, 0.4) is 0 Å². The number of thioether (sulfide) groups is 1. The number of rotatable bonds is 10. The number of hydrogen-bond acceptors (Lipinski definition) is 5. The summed E-state index contributed by atoms with van der Waals surface area (Å²) in [4.78, 5) is 50.4. The van der Waals surface area contributed by atoms with Gasteiger partial charge in [-0.25, -0.2) is 0 Å². The molecule has 0 atom stereocenters. The fourth-order valence-electron chi connectivity index (χ4n) is 2.90. The van der Waals surface area contributed by atoms with E-state index in [1.165, 1.54) is 25.6 Å². The normalized spacial score (nSPS) is 10.3. The van der Waals surface area contributed by atoms with Gasteiger partial charge in [-0.3, -0.25) is 19.2 Å². The molecule has 0 aliphatic rings. The Morgan fingerprint density at radius 2 is 1.12 bits per heavy atom. The maximum atomic E-state index is 12.2. The minimum atomic E-state index is -0.209. The van der Waals surface area contributed by atoms with Crippen LogP contribution in [0.4, 0.5) is 11.4 Å². The summed E-state index contributed by atoms with van der Waals surface area (Å²) in [7, 11) is 3.44. The van der Waals surface area contributed by atoms with E-state index in [2.05, 4.69) is 10.6 Å². The summed E-state index contributed by atoms with van der Waals surface area (Å²) >= 11 is 1.22. The zero-order valence-electron chi connectivity index (χ0n) is 19.4. The molecule has 0 heterocycles. The van der Waals surface area contributed by atoms with Crippen molar-refractivity contribution in [3.05, 3.63) is 59.7 Å². The minimum absolute atomic E-state index is 0.0331. The van der Waals surface area contributed by atoms with E-state index >= 15 is 0 Å². The van der Waals surface area contributed by atoms with E-state index in [9.17, 15) is 19.2 Å². The van der Waals surface area contributed by atoms with Crippen LogP contribution in [0.5, 0.6) is 0 Å². The number of amides is 4. The third kappa shape index (κ3) is 9.36. The summed E-state index contributed by atoms with van der Waals surface area (Å²) in [5.74, 6) is -0.218. The summed E-state index contributed by atoms with van der Waals surface area (Å²) < 4.78 is 0. The number of carbonyl (C=O) groups excluding carboxylic acids is 4. The molecule has 0 radical (unpaired) electrons. The number of nitrogens with zero attached hydrogens (tertiary/aromatic N) is 2. The molecule has 8 nitrogen and oxygen atoms in total. The van der Waals surface area contributed by atoms with E-state index in [0.29, 0.717) is 24.5 Å². The van der Waals surface area contributed by atoms with E-state index in [4.69, 9.17) is 0 Å². The van der Waals surface area contributed by atoms with Crippen LogP contribution in [0, 0.1) is 0 Å². The van der Waals surface area contributed by atoms with Gasteiger partial charge in [-0.2, -0.15) is 0 Å². The number of benzene rings is 2. The molecule has 2 N–H and O–H groups in total. The highest BCUT2D eigenvalue weighted by Crippen LogP contribution is 2.15. The van der Waals surface area contributed by atoms with Crippen LogP contribution in [-0.2, 0) is 32.3 Å². The molecule has 0 aliphatic heterocycles. The van der Waals surface area contributed by atoms with Gasteiger partial charge in [-0.05, 0) is 35.4 Å². The quantitative estimate of drug-likeness (QED) is 0.556. The molecule has 176 valence electrons. The summed E-state index contributed by atoms with van der Waals surface area (Å²) in [5, 5.41) is 5.63. The van der Waals surface area contributed by atoms with Crippen LogP contribution < -0.4 is 10.6 Å². The van der Waals surface area contributed by atoms with Crippen molar-refractivity contribution in [2.45, 2.75) is 26.9 Å². The van der Waals surface area contributed by atoms with Gasteiger partial charge in [0.1, 0.15) is 0 Å². The Hall–Kier alpha value is -3.33. The first-order chi connectivity index (χ1) is 15.6. The third-order valence-electron chi connectivity index (χ3n) is 4.80. The Bertz CT molecular complexity index is 932. The average molecular weight is 471 g/mol. The maximum absolute atomic E-state index is 12.2. The number of anilines is 2. The summed E-state index contributed by atoms with van der Waals surface area (Å²) in [5.41, 5.74) is 3.11. The van der Waals surface area contributed by atoms with Crippen LogP contribution in [0.1, 0.15) is 25.0 Å². The Labute approximate surface area is 198 Å². The second-order valence-electron chi connectivity index (χ2n) is 7.74.